The lowest BCUT2D eigenvalue weighted by molar-refractivity contribution is -0.179. The number of carbonyl (C=O) groups excluding carboxylic acids is 2. The van der Waals surface area contributed by atoms with Gasteiger partial charge in [-0.05, 0) is 0 Å². The minimum atomic E-state index is -4.43. The SMILES string of the molecule is CNC(=O)C1CN(C(=O)COCC(F)(F)F)C1. The molecule has 17 heavy (non-hydrogen) atoms. The molecule has 0 spiro atoms. The third kappa shape index (κ3) is 4.22. The van der Waals surface area contributed by atoms with Crippen molar-refractivity contribution < 1.29 is 27.5 Å². The Morgan fingerprint density at radius 2 is 2.00 bits per heavy atom. The molecule has 1 fully saturated rings. The lowest BCUT2D eigenvalue weighted by Crippen LogP contribution is -2.56. The molecule has 0 unspecified atom stereocenters. The van der Waals surface area contributed by atoms with Crippen LogP contribution in [0.5, 0.6) is 0 Å². The highest BCUT2D eigenvalue weighted by Crippen LogP contribution is 2.17. The lowest BCUT2D eigenvalue weighted by atomic mass is 9.99. The highest BCUT2D eigenvalue weighted by atomic mass is 19.4. The maximum Gasteiger partial charge on any atom is 0.411 e. The molecular weight excluding hydrogens is 241 g/mol. The quantitative estimate of drug-likeness (QED) is 0.754. The summed E-state index contributed by atoms with van der Waals surface area (Å²) in [5.74, 6) is -0.980. The molecule has 5 nitrogen and oxygen atoms in total. The minimum absolute atomic E-state index is 0.176. The number of amides is 2. The summed E-state index contributed by atoms with van der Waals surface area (Å²) in [6.45, 7) is -1.59. The van der Waals surface area contributed by atoms with Gasteiger partial charge in [-0.15, -0.1) is 0 Å². The molecule has 0 saturated carbocycles. The molecule has 1 aliphatic rings. The monoisotopic (exact) mass is 254 g/mol. The van der Waals surface area contributed by atoms with E-state index < -0.39 is 25.3 Å². The number of hydrogen-bond acceptors (Lipinski definition) is 3. The molecule has 0 aliphatic carbocycles. The number of likely N-dealkylation sites (tertiary alicyclic amines) is 1. The lowest BCUT2D eigenvalue weighted by Gasteiger charge is -2.37. The van der Waals surface area contributed by atoms with E-state index in [1.54, 1.807) is 0 Å². The zero-order valence-corrected chi connectivity index (χ0v) is 9.21. The molecule has 98 valence electrons. The van der Waals surface area contributed by atoms with Gasteiger partial charge in [0.05, 0.1) is 5.92 Å². The van der Waals surface area contributed by atoms with Crippen molar-refractivity contribution in [2.24, 2.45) is 5.92 Å². The van der Waals surface area contributed by atoms with E-state index >= 15 is 0 Å². The Hall–Kier alpha value is -1.31. The van der Waals surface area contributed by atoms with E-state index in [2.05, 4.69) is 10.1 Å². The van der Waals surface area contributed by atoms with Gasteiger partial charge in [0, 0.05) is 20.1 Å². The number of ether oxygens (including phenoxy) is 1. The average molecular weight is 254 g/mol. The van der Waals surface area contributed by atoms with Gasteiger partial charge in [0.25, 0.3) is 0 Å². The Bertz CT molecular complexity index is 300. The first-order chi connectivity index (χ1) is 7.83. The molecular formula is C9H13F3N2O3. The fourth-order valence-corrected chi connectivity index (χ4v) is 1.40. The molecule has 0 aromatic rings. The van der Waals surface area contributed by atoms with Crippen molar-refractivity contribution in [2.45, 2.75) is 6.18 Å². The summed E-state index contributed by atoms with van der Waals surface area (Å²) in [7, 11) is 1.49. The van der Waals surface area contributed by atoms with Crippen LogP contribution in [0.3, 0.4) is 0 Å². The van der Waals surface area contributed by atoms with Crippen molar-refractivity contribution in [1.29, 1.82) is 0 Å². The fraction of sp³-hybridized carbons (Fsp3) is 0.778. The molecule has 0 aromatic carbocycles. The third-order valence-electron chi connectivity index (χ3n) is 2.34. The van der Waals surface area contributed by atoms with E-state index in [4.69, 9.17) is 0 Å². The normalized spacial score (nSPS) is 16.6. The number of nitrogens with zero attached hydrogens (tertiary/aromatic N) is 1. The van der Waals surface area contributed by atoms with Crippen LogP contribution in [0.1, 0.15) is 0 Å². The van der Waals surface area contributed by atoms with Gasteiger partial charge in [-0.2, -0.15) is 13.2 Å². The highest BCUT2D eigenvalue weighted by Gasteiger charge is 2.35. The van der Waals surface area contributed by atoms with Crippen LogP contribution in [0.2, 0.25) is 0 Å². The molecule has 1 saturated heterocycles. The summed E-state index contributed by atoms with van der Waals surface area (Å²) >= 11 is 0. The molecule has 8 heteroatoms. The number of halogens is 3. The molecule has 0 atom stereocenters. The van der Waals surface area contributed by atoms with Gasteiger partial charge in [-0.1, -0.05) is 0 Å². The number of alkyl halides is 3. The van der Waals surface area contributed by atoms with Crippen molar-refractivity contribution in [3.63, 3.8) is 0 Å². The number of carbonyl (C=O) groups is 2. The predicted molar refractivity (Wildman–Crippen MR) is 51.0 cm³/mol. The van der Waals surface area contributed by atoms with Gasteiger partial charge in [0.1, 0.15) is 13.2 Å². The van der Waals surface area contributed by atoms with Crippen LogP contribution < -0.4 is 5.32 Å². The maximum absolute atomic E-state index is 11.7. The van der Waals surface area contributed by atoms with Crippen molar-refractivity contribution in [1.82, 2.24) is 10.2 Å². The Labute approximate surface area is 95.9 Å². The van der Waals surface area contributed by atoms with Crippen molar-refractivity contribution >= 4 is 11.8 Å². The second-order valence-electron chi connectivity index (χ2n) is 3.72. The van der Waals surface area contributed by atoms with E-state index in [0.29, 0.717) is 0 Å². The van der Waals surface area contributed by atoms with E-state index in [0.717, 1.165) is 0 Å². The molecule has 0 radical (unpaired) electrons. The first-order valence-electron chi connectivity index (χ1n) is 4.97. The Balaban J connectivity index is 2.17. The molecule has 1 rings (SSSR count). The van der Waals surface area contributed by atoms with Gasteiger partial charge in [-0.3, -0.25) is 9.59 Å². The van der Waals surface area contributed by atoms with Crippen LogP contribution in [0, 0.1) is 5.92 Å². The summed E-state index contributed by atoms with van der Waals surface area (Å²) in [4.78, 5) is 23.6. The smallest absolute Gasteiger partial charge is 0.362 e. The predicted octanol–water partition coefficient (Wildman–Crippen LogP) is -0.230. The standard InChI is InChI=1S/C9H13F3N2O3/c1-13-8(16)6-2-14(3-6)7(15)4-17-5-9(10,11)12/h6H,2-5H2,1H3,(H,13,16). The summed E-state index contributed by atoms with van der Waals surface area (Å²) in [6.07, 6.45) is -4.43. The Morgan fingerprint density at radius 3 is 2.47 bits per heavy atom. The van der Waals surface area contributed by atoms with Gasteiger partial charge >= 0.3 is 6.18 Å². The molecule has 0 aromatic heterocycles. The minimum Gasteiger partial charge on any atom is -0.362 e. The number of hydrogen-bond donors (Lipinski definition) is 1. The van der Waals surface area contributed by atoms with Gasteiger partial charge in [-0.25, -0.2) is 0 Å². The highest BCUT2D eigenvalue weighted by molar-refractivity contribution is 5.84. The molecule has 1 aliphatic heterocycles. The van der Waals surface area contributed by atoms with E-state index in [1.807, 2.05) is 0 Å². The van der Waals surface area contributed by atoms with Crippen LogP contribution in [-0.2, 0) is 14.3 Å². The summed E-state index contributed by atoms with van der Waals surface area (Å²) in [5, 5.41) is 2.43. The maximum atomic E-state index is 11.7. The van der Waals surface area contributed by atoms with E-state index in [9.17, 15) is 22.8 Å². The van der Waals surface area contributed by atoms with Crippen molar-refractivity contribution in [2.75, 3.05) is 33.4 Å². The number of rotatable bonds is 4. The van der Waals surface area contributed by atoms with Crippen LogP contribution >= 0.6 is 0 Å². The first kappa shape index (κ1) is 13.8. The van der Waals surface area contributed by atoms with Crippen LogP contribution in [0.15, 0.2) is 0 Å². The van der Waals surface area contributed by atoms with E-state index in [1.165, 1.54) is 11.9 Å². The molecule has 0 bridgehead atoms. The Kier molecular flexibility index (Phi) is 4.33. The van der Waals surface area contributed by atoms with Gasteiger partial charge in [0.15, 0.2) is 0 Å². The average Bonchev–Trinajstić information content (AvgIpc) is 2.12. The fourth-order valence-electron chi connectivity index (χ4n) is 1.40. The zero-order chi connectivity index (χ0) is 13.1. The van der Waals surface area contributed by atoms with Crippen LogP contribution in [0.4, 0.5) is 13.2 Å². The van der Waals surface area contributed by atoms with Crippen LogP contribution in [0.25, 0.3) is 0 Å². The largest absolute Gasteiger partial charge is 0.411 e. The van der Waals surface area contributed by atoms with Crippen LogP contribution in [-0.4, -0.2) is 56.2 Å². The van der Waals surface area contributed by atoms with E-state index in [-0.39, 0.29) is 24.9 Å². The molecule has 1 heterocycles. The van der Waals surface area contributed by atoms with Gasteiger partial charge < -0.3 is 15.0 Å². The third-order valence-corrected chi connectivity index (χ3v) is 2.34. The zero-order valence-electron chi connectivity index (χ0n) is 9.21. The summed E-state index contributed by atoms with van der Waals surface area (Å²) < 4.78 is 39.4. The summed E-state index contributed by atoms with van der Waals surface area (Å²) in [5.41, 5.74) is 0. The van der Waals surface area contributed by atoms with Crippen molar-refractivity contribution in [3.05, 3.63) is 0 Å². The molecule has 1 N–H and O–H groups in total. The topological polar surface area (TPSA) is 58.6 Å². The summed E-state index contributed by atoms with van der Waals surface area (Å²) in [6, 6.07) is 0. The number of nitrogens with one attached hydrogen (secondary N) is 1. The van der Waals surface area contributed by atoms with Crippen molar-refractivity contribution in [3.8, 4) is 0 Å². The molecule has 2 amide bonds. The van der Waals surface area contributed by atoms with Gasteiger partial charge in [0.2, 0.25) is 11.8 Å². The Morgan fingerprint density at radius 1 is 1.41 bits per heavy atom. The second-order valence-corrected chi connectivity index (χ2v) is 3.72. The first-order valence-corrected chi connectivity index (χ1v) is 4.97. The second kappa shape index (κ2) is 5.35.